The molecule has 0 atom stereocenters. The molecular weight excluding hydrogens is 180 g/mol. The van der Waals surface area contributed by atoms with Crippen LogP contribution in [0.15, 0.2) is 17.0 Å². The molecule has 0 saturated carbocycles. The lowest BCUT2D eigenvalue weighted by molar-refractivity contribution is -0.112. The van der Waals surface area contributed by atoms with Gasteiger partial charge in [0.15, 0.2) is 0 Å². The number of aldehydes is 1. The molecule has 1 saturated heterocycles. The quantitative estimate of drug-likeness (QED) is 0.676. The SMILES string of the molecule is O=CC1CCN(Cc2cnoc2)CC1. The number of hydrogen-bond acceptors (Lipinski definition) is 4. The molecular formula is C10H14N2O2. The van der Waals surface area contributed by atoms with Gasteiger partial charge in [-0.25, -0.2) is 0 Å². The predicted molar refractivity (Wildman–Crippen MR) is 50.6 cm³/mol. The molecule has 1 aliphatic heterocycles. The van der Waals surface area contributed by atoms with E-state index < -0.39 is 0 Å². The van der Waals surface area contributed by atoms with Crippen LogP contribution >= 0.6 is 0 Å². The number of likely N-dealkylation sites (tertiary alicyclic amines) is 1. The van der Waals surface area contributed by atoms with E-state index in [0.717, 1.165) is 44.3 Å². The van der Waals surface area contributed by atoms with Gasteiger partial charge in [-0.2, -0.15) is 0 Å². The summed E-state index contributed by atoms with van der Waals surface area (Å²) in [6, 6.07) is 0. The van der Waals surface area contributed by atoms with Crippen LogP contribution in [0.1, 0.15) is 18.4 Å². The molecule has 1 fully saturated rings. The van der Waals surface area contributed by atoms with Crippen LogP contribution in [-0.2, 0) is 11.3 Å². The van der Waals surface area contributed by atoms with Gasteiger partial charge in [-0.3, -0.25) is 4.90 Å². The fourth-order valence-corrected chi connectivity index (χ4v) is 1.81. The molecule has 4 heteroatoms. The number of rotatable bonds is 3. The molecule has 0 spiro atoms. The van der Waals surface area contributed by atoms with Gasteiger partial charge in [-0.05, 0) is 25.9 Å². The smallest absolute Gasteiger partial charge is 0.128 e. The zero-order valence-electron chi connectivity index (χ0n) is 8.06. The van der Waals surface area contributed by atoms with Crippen LogP contribution in [0.4, 0.5) is 0 Å². The summed E-state index contributed by atoms with van der Waals surface area (Å²) in [6.45, 7) is 2.87. The van der Waals surface area contributed by atoms with Gasteiger partial charge >= 0.3 is 0 Å². The van der Waals surface area contributed by atoms with Gasteiger partial charge in [0, 0.05) is 18.0 Å². The Hall–Kier alpha value is -1.16. The molecule has 0 radical (unpaired) electrons. The standard InChI is InChI=1S/C10H14N2O2/c13-7-9-1-3-12(4-2-9)6-10-5-11-14-8-10/h5,7-9H,1-4,6H2. The van der Waals surface area contributed by atoms with Crippen molar-refractivity contribution in [1.82, 2.24) is 10.1 Å². The summed E-state index contributed by atoms with van der Waals surface area (Å²) in [5, 5.41) is 3.66. The van der Waals surface area contributed by atoms with Crippen LogP contribution in [-0.4, -0.2) is 29.4 Å². The molecule has 1 aromatic rings. The van der Waals surface area contributed by atoms with Crippen molar-refractivity contribution in [3.05, 3.63) is 18.0 Å². The summed E-state index contributed by atoms with van der Waals surface area (Å²) in [7, 11) is 0. The molecule has 2 rings (SSSR count). The first-order valence-electron chi connectivity index (χ1n) is 4.94. The minimum atomic E-state index is 0.272. The first-order chi connectivity index (χ1) is 6.88. The van der Waals surface area contributed by atoms with Crippen molar-refractivity contribution in [2.45, 2.75) is 19.4 Å². The molecule has 0 N–H and O–H groups in total. The maximum absolute atomic E-state index is 10.5. The molecule has 0 bridgehead atoms. The van der Waals surface area contributed by atoms with Crippen LogP contribution in [0.5, 0.6) is 0 Å². The Bertz CT molecular complexity index is 276. The third-order valence-corrected chi connectivity index (χ3v) is 2.71. The van der Waals surface area contributed by atoms with E-state index >= 15 is 0 Å². The highest BCUT2D eigenvalue weighted by Gasteiger charge is 2.18. The van der Waals surface area contributed by atoms with Gasteiger partial charge in [0.05, 0.1) is 6.20 Å². The first-order valence-corrected chi connectivity index (χ1v) is 4.94. The summed E-state index contributed by atoms with van der Waals surface area (Å²) in [6.07, 6.45) is 6.46. The monoisotopic (exact) mass is 194 g/mol. The molecule has 0 unspecified atom stereocenters. The third kappa shape index (κ3) is 2.20. The molecule has 0 amide bonds. The lowest BCUT2D eigenvalue weighted by Crippen LogP contribution is -2.33. The lowest BCUT2D eigenvalue weighted by atomic mass is 9.98. The number of aromatic nitrogens is 1. The van der Waals surface area contributed by atoms with Crippen LogP contribution in [0.3, 0.4) is 0 Å². The maximum Gasteiger partial charge on any atom is 0.128 e. The Kier molecular flexibility index (Phi) is 2.93. The van der Waals surface area contributed by atoms with E-state index in [2.05, 4.69) is 10.1 Å². The van der Waals surface area contributed by atoms with E-state index in [0.29, 0.717) is 0 Å². The van der Waals surface area contributed by atoms with Crippen molar-refractivity contribution in [3.8, 4) is 0 Å². The molecule has 0 aliphatic carbocycles. The Morgan fingerprint density at radius 1 is 1.57 bits per heavy atom. The van der Waals surface area contributed by atoms with Gasteiger partial charge in [0.25, 0.3) is 0 Å². The molecule has 0 aromatic carbocycles. The highest BCUT2D eigenvalue weighted by Crippen LogP contribution is 2.16. The molecule has 4 nitrogen and oxygen atoms in total. The fraction of sp³-hybridized carbons (Fsp3) is 0.600. The average Bonchev–Trinajstić information content (AvgIpc) is 2.72. The Labute approximate surface area is 82.9 Å². The average molecular weight is 194 g/mol. The van der Waals surface area contributed by atoms with Crippen LogP contribution in [0.25, 0.3) is 0 Å². The Morgan fingerprint density at radius 3 is 2.93 bits per heavy atom. The normalized spacial score (nSPS) is 19.7. The van der Waals surface area contributed by atoms with Crippen molar-refractivity contribution in [2.24, 2.45) is 5.92 Å². The van der Waals surface area contributed by atoms with Gasteiger partial charge in [0.1, 0.15) is 12.5 Å². The molecule has 1 aromatic heterocycles. The van der Waals surface area contributed by atoms with E-state index in [9.17, 15) is 4.79 Å². The second kappa shape index (κ2) is 4.37. The topological polar surface area (TPSA) is 46.3 Å². The van der Waals surface area contributed by atoms with Gasteiger partial charge < -0.3 is 9.32 Å². The van der Waals surface area contributed by atoms with Gasteiger partial charge in [-0.1, -0.05) is 5.16 Å². The molecule has 1 aliphatic rings. The number of carbonyl (C=O) groups excluding carboxylic acids is 1. The summed E-state index contributed by atoms with van der Waals surface area (Å²) in [5.74, 6) is 0.272. The van der Waals surface area contributed by atoms with Crippen LogP contribution < -0.4 is 0 Å². The first kappa shape index (κ1) is 9.40. The van der Waals surface area contributed by atoms with E-state index in [1.165, 1.54) is 0 Å². The second-order valence-electron chi connectivity index (χ2n) is 3.78. The number of nitrogens with zero attached hydrogens (tertiary/aromatic N) is 2. The van der Waals surface area contributed by atoms with E-state index in [1.807, 2.05) is 0 Å². The molecule has 76 valence electrons. The second-order valence-corrected chi connectivity index (χ2v) is 3.78. The Morgan fingerprint density at radius 2 is 2.36 bits per heavy atom. The summed E-state index contributed by atoms with van der Waals surface area (Å²) < 4.78 is 4.77. The molecule has 2 heterocycles. The zero-order chi connectivity index (χ0) is 9.80. The van der Waals surface area contributed by atoms with Crippen molar-refractivity contribution in [3.63, 3.8) is 0 Å². The maximum atomic E-state index is 10.5. The lowest BCUT2D eigenvalue weighted by Gasteiger charge is -2.28. The number of hydrogen-bond donors (Lipinski definition) is 0. The van der Waals surface area contributed by atoms with E-state index in [1.54, 1.807) is 12.5 Å². The highest BCUT2D eigenvalue weighted by molar-refractivity contribution is 5.53. The van der Waals surface area contributed by atoms with Crippen molar-refractivity contribution >= 4 is 6.29 Å². The Balaban J connectivity index is 1.81. The summed E-state index contributed by atoms with van der Waals surface area (Å²) >= 11 is 0. The van der Waals surface area contributed by atoms with Crippen molar-refractivity contribution in [1.29, 1.82) is 0 Å². The van der Waals surface area contributed by atoms with Gasteiger partial charge in [-0.15, -0.1) is 0 Å². The molecule has 14 heavy (non-hydrogen) atoms. The third-order valence-electron chi connectivity index (χ3n) is 2.71. The van der Waals surface area contributed by atoms with E-state index in [4.69, 9.17) is 4.52 Å². The zero-order valence-corrected chi connectivity index (χ0v) is 8.06. The largest absolute Gasteiger partial charge is 0.364 e. The van der Waals surface area contributed by atoms with Crippen LogP contribution in [0, 0.1) is 5.92 Å². The number of carbonyl (C=O) groups is 1. The van der Waals surface area contributed by atoms with Crippen molar-refractivity contribution in [2.75, 3.05) is 13.1 Å². The minimum absolute atomic E-state index is 0.272. The van der Waals surface area contributed by atoms with Gasteiger partial charge in [0.2, 0.25) is 0 Å². The van der Waals surface area contributed by atoms with Crippen molar-refractivity contribution < 1.29 is 9.32 Å². The minimum Gasteiger partial charge on any atom is -0.364 e. The fourth-order valence-electron chi connectivity index (χ4n) is 1.81. The summed E-state index contributed by atoms with van der Waals surface area (Å²) in [4.78, 5) is 12.9. The highest BCUT2D eigenvalue weighted by atomic mass is 16.5. The predicted octanol–water partition coefficient (Wildman–Crippen LogP) is 1.09. The summed E-state index contributed by atoms with van der Waals surface area (Å²) in [5.41, 5.74) is 1.11. The van der Waals surface area contributed by atoms with Crippen LogP contribution in [0.2, 0.25) is 0 Å². The number of piperidine rings is 1. The van der Waals surface area contributed by atoms with E-state index in [-0.39, 0.29) is 5.92 Å².